The molecule has 0 unspecified atom stereocenters. The van der Waals surface area contributed by atoms with E-state index >= 15 is 0 Å². The molecule has 0 saturated heterocycles. The first-order valence-corrected chi connectivity index (χ1v) is 7.82. The number of benzene rings is 2. The summed E-state index contributed by atoms with van der Waals surface area (Å²) in [5.74, 6) is 0.867. The number of methoxy groups -OCH3 is 2. The van der Waals surface area contributed by atoms with Crippen LogP contribution in [0.1, 0.15) is 10.4 Å². The topological polar surface area (TPSA) is 65.4 Å². The number of hydrogen-bond acceptors (Lipinski definition) is 4. The van der Waals surface area contributed by atoms with Gasteiger partial charge in [-0.05, 0) is 36.4 Å². The quantitative estimate of drug-likeness (QED) is 0.754. The molecule has 6 nitrogen and oxygen atoms in total. The fourth-order valence-electron chi connectivity index (χ4n) is 2.27. The molecule has 0 atom stereocenters. The Kier molecular flexibility index (Phi) is 4.90. The maximum absolute atomic E-state index is 12.5. The van der Waals surface area contributed by atoms with Gasteiger partial charge in [0.05, 0.1) is 37.4 Å². The molecule has 2 aromatic carbocycles. The number of aromatic nitrogens is 2. The number of rotatable bonds is 5. The third-order valence-electron chi connectivity index (χ3n) is 3.59. The molecule has 1 amide bonds. The average molecular weight is 358 g/mol. The van der Waals surface area contributed by atoms with E-state index in [1.807, 2.05) is 12.1 Å². The number of halogens is 1. The van der Waals surface area contributed by atoms with Crippen molar-refractivity contribution < 1.29 is 14.3 Å². The molecule has 1 heterocycles. The van der Waals surface area contributed by atoms with Gasteiger partial charge < -0.3 is 14.8 Å². The van der Waals surface area contributed by atoms with E-state index < -0.39 is 0 Å². The number of carbonyl (C=O) groups excluding carboxylic acids is 1. The second kappa shape index (κ2) is 7.27. The Morgan fingerprint density at radius 3 is 2.56 bits per heavy atom. The van der Waals surface area contributed by atoms with Gasteiger partial charge in [0.2, 0.25) is 0 Å². The van der Waals surface area contributed by atoms with Crippen LogP contribution in [-0.2, 0) is 0 Å². The van der Waals surface area contributed by atoms with E-state index in [-0.39, 0.29) is 5.91 Å². The van der Waals surface area contributed by atoms with Gasteiger partial charge in [0.25, 0.3) is 5.91 Å². The molecule has 3 aromatic rings. The van der Waals surface area contributed by atoms with Crippen molar-refractivity contribution in [3.63, 3.8) is 0 Å². The van der Waals surface area contributed by atoms with Crippen LogP contribution < -0.4 is 14.8 Å². The Morgan fingerprint density at radius 2 is 1.88 bits per heavy atom. The minimum absolute atomic E-state index is 0.288. The van der Waals surface area contributed by atoms with Gasteiger partial charge in [-0.15, -0.1) is 0 Å². The number of nitrogens with one attached hydrogen (secondary N) is 1. The van der Waals surface area contributed by atoms with Crippen LogP contribution in [0.4, 0.5) is 5.69 Å². The summed E-state index contributed by atoms with van der Waals surface area (Å²) in [4.78, 5) is 12.5. The van der Waals surface area contributed by atoms with E-state index in [4.69, 9.17) is 21.1 Å². The predicted molar refractivity (Wildman–Crippen MR) is 96.1 cm³/mol. The fraction of sp³-hybridized carbons (Fsp3) is 0.111. The number of amides is 1. The molecule has 128 valence electrons. The van der Waals surface area contributed by atoms with Crippen molar-refractivity contribution in [2.45, 2.75) is 0 Å². The van der Waals surface area contributed by atoms with Gasteiger partial charge in [0, 0.05) is 17.3 Å². The van der Waals surface area contributed by atoms with E-state index in [2.05, 4.69) is 10.4 Å². The highest BCUT2D eigenvalue weighted by atomic mass is 35.5. The third kappa shape index (κ3) is 3.75. The maximum Gasteiger partial charge on any atom is 0.258 e. The molecule has 0 fully saturated rings. The van der Waals surface area contributed by atoms with Gasteiger partial charge in [-0.2, -0.15) is 5.10 Å². The largest absolute Gasteiger partial charge is 0.497 e. The zero-order valence-electron chi connectivity index (χ0n) is 13.7. The molecule has 25 heavy (non-hydrogen) atoms. The summed E-state index contributed by atoms with van der Waals surface area (Å²) >= 11 is 5.88. The summed E-state index contributed by atoms with van der Waals surface area (Å²) in [5.41, 5.74) is 1.78. The molecule has 0 bridgehead atoms. The Hall–Kier alpha value is -2.99. The zero-order valence-corrected chi connectivity index (χ0v) is 14.4. The van der Waals surface area contributed by atoms with Crippen molar-refractivity contribution in [2.75, 3.05) is 19.5 Å². The molecule has 0 spiro atoms. The van der Waals surface area contributed by atoms with Gasteiger partial charge in [-0.25, -0.2) is 4.68 Å². The van der Waals surface area contributed by atoms with Crippen LogP contribution in [0, 0.1) is 0 Å². The van der Waals surface area contributed by atoms with E-state index in [0.717, 1.165) is 5.69 Å². The lowest BCUT2D eigenvalue weighted by Gasteiger charge is -2.11. The minimum Gasteiger partial charge on any atom is -0.497 e. The number of nitrogens with zero attached hydrogens (tertiary/aromatic N) is 2. The Balaban J connectivity index is 1.79. The molecule has 0 radical (unpaired) electrons. The zero-order chi connectivity index (χ0) is 17.8. The van der Waals surface area contributed by atoms with Crippen molar-refractivity contribution in [3.05, 3.63) is 65.4 Å². The summed E-state index contributed by atoms with van der Waals surface area (Å²) in [6.45, 7) is 0. The third-order valence-corrected chi connectivity index (χ3v) is 3.84. The molecule has 0 aliphatic carbocycles. The number of ether oxygens (including phenoxy) is 2. The van der Waals surface area contributed by atoms with E-state index in [9.17, 15) is 4.79 Å². The van der Waals surface area contributed by atoms with Gasteiger partial charge in [-0.3, -0.25) is 4.79 Å². The molecule has 7 heteroatoms. The fourth-order valence-corrected chi connectivity index (χ4v) is 2.40. The SMILES string of the molecule is COc1ccc(NC(=O)c2cnn(-c3ccc(Cl)cc3)c2)c(OC)c1. The molecule has 0 aliphatic rings. The summed E-state index contributed by atoms with van der Waals surface area (Å²) in [6, 6.07) is 12.3. The number of anilines is 1. The molecular weight excluding hydrogens is 342 g/mol. The van der Waals surface area contributed by atoms with Gasteiger partial charge >= 0.3 is 0 Å². The second-order valence-electron chi connectivity index (χ2n) is 5.17. The number of carbonyl (C=O) groups is 1. The van der Waals surface area contributed by atoms with Crippen molar-refractivity contribution >= 4 is 23.2 Å². The maximum atomic E-state index is 12.5. The molecule has 1 N–H and O–H groups in total. The lowest BCUT2D eigenvalue weighted by molar-refractivity contribution is 0.102. The van der Waals surface area contributed by atoms with Crippen LogP contribution in [0.15, 0.2) is 54.9 Å². The monoisotopic (exact) mass is 357 g/mol. The van der Waals surface area contributed by atoms with Crippen molar-refractivity contribution in [1.82, 2.24) is 9.78 Å². The average Bonchev–Trinajstić information content (AvgIpc) is 3.13. The Labute approximate surface area is 149 Å². The highest BCUT2D eigenvalue weighted by Gasteiger charge is 2.13. The predicted octanol–water partition coefficient (Wildman–Crippen LogP) is 3.80. The molecule has 1 aromatic heterocycles. The molecule has 0 aliphatic heterocycles. The van der Waals surface area contributed by atoms with Crippen LogP contribution in [-0.4, -0.2) is 29.9 Å². The summed E-state index contributed by atoms with van der Waals surface area (Å²) in [5, 5.41) is 7.66. The summed E-state index contributed by atoms with van der Waals surface area (Å²) in [7, 11) is 3.10. The summed E-state index contributed by atoms with van der Waals surface area (Å²) in [6.07, 6.45) is 3.15. The second-order valence-corrected chi connectivity index (χ2v) is 5.61. The van der Waals surface area contributed by atoms with Crippen LogP contribution in [0.25, 0.3) is 5.69 Å². The van der Waals surface area contributed by atoms with Crippen LogP contribution >= 0.6 is 11.6 Å². The Morgan fingerprint density at radius 1 is 1.12 bits per heavy atom. The van der Waals surface area contributed by atoms with Crippen molar-refractivity contribution in [2.24, 2.45) is 0 Å². The normalized spacial score (nSPS) is 10.4. The van der Waals surface area contributed by atoms with Gasteiger partial charge in [0.15, 0.2) is 0 Å². The van der Waals surface area contributed by atoms with Crippen molar-refractivity contribution in [1.29, 1.82) is 0 Å². The van der Waals surface area contributed by atoms with Gasteiger partial charge in [-0.1, -0.05) is 11.6 Å². The highest BCUT2D eigenvalue weighted by Crippen LogP contribution is 2.29. The standard InChI is InChI=1S/C18H16ClN3O3/c1-24-15-7-8-16(17(9-15)25-2)21-18(23)12-10-20-22(11-12)14-5-3-13(19)4-6-14/h3-11H,1-2H3,(H,21,23). The van der Waals surface area contributed by atoms with Gasteiger partial charge in [0.1, 0.15) is 11.5 Å². The smallest absolute Gasteiger partial charge is 0.258 e. The van der Waals surface area contributed by atoms with Crippen LogP contribution in [0.2, 0.25) is 5.02 Å². The minimum atomic E-state index is -0.288. The number of hydrogen-bond donors (Lipinski definition) is 1. The van der Waals surface area contributed by atoms with Crippen molar-refractivity contribution in [3.8, 4) is 17.2 Å². The molecular formula is C18H16ClN3O3. The summed E-state index contributed by atoms with van der Waals surface area (Å²) < 4.78 is 12.0. The molecule has 3 rings (SSSR count). The first kappa shape index (κ1) is 16.9. The van der Waals surface area contributed by atoms with Crippen LogP contribution in [0.3, 0.4) is 0 Å². The first-order valence-electron chi connectivity index (χ1n) is 7.44. The van der Waals surface area contributed by atoms with E-state index in [1.165, 1.54) is 13.3 Å². The highest BCUT2D eigenvalue weighted by molar-refractivity contribution is 6.30. The van der Waals surface area contributed by atoms with E-state index in [1.54, 1.807) is 48.3 Å². The molecule has 0 saturated carbocycles. The van der Waals surface area contributed by atoms with E-state index in [0.29, 0.717) is 27.8 Å². The Bertz CT molecular complexity index is 891. The van der Waals surface area contributed by atoms with Crippen LogP contribution in [0.5, 0.6) is 11.5 Å². The lowest BCUT2D eigenvalue weighted by atomic mass is 10.2. The lowest BCUT2D eigenvalue weighted by Crippen LogP contribution is -2.12. The first-order chi connectivity index (χ1) is 12.1.